The Balaban J connectivity index is 1.37. The fraction of sp³-hybridized carbons (Fsp3) is 0.320. The first-order valence-electron chi connectivity index (χ1n) is 10.8. The molecular formula is C25H26N4OS2. The van der Waals surface area contributed by atoms with E-state index >= 15 is 0 Å². The molecule has 0 unspecified atom stereocenters. The third-order valence-electron chi connectivity index (χ3n) is 5.52. The van der Waals surface area contributed by atoms with Gasteiger partial charge in [0.05, 0.1) is 27.9 Å². The Morgan fingerprint density at radius 3 is 2.69 bits per heavy atom. The minimum atomic E-state index is 0.114. The molecule has 0 bridgehead atoms. The van der Waals surface area contributed by atoms with E-state index in [1.165, 1.54) is 5.56 Å². The molecule has 164 valence electrons. The molecule has 4 rings (SSSR count). The van der Waals surface area contributed by atoms with E-state index in [4.69, 9.17) is 5.26 Å². The van der Waals surface area contributed by atoms with Crippen LogP contribution in [-0.2, 0) is 12.3 Å². The van der Waals surface area contributed by atoms with Gasteiger partial charge < -0.3 is 4.90 Å². The molecule has 1 aromatic heterocycles. The van der Waals surface area contributed by atoms with E-state index in [0.29, 0.717) is 5.56 Å². The second kappa shape index (κ2) is 10.8. The number of rotatable bonds is 6. The number of carbonyl (C=O) groups excluding carboxylic acids is 1. The maximum absolute atomic E-state index is 13.4. The van der Waals surface area contributed by atoms with Crippen molar-refractivity contribution in [2.45, 2.75) is 30.5 Å². The van der Waals surface area contributed by atoms with Crippen molar-refractivity contribution in [3.8, 4) is 6.07 Å². The van der Waals surface area contributed by atoms with Gasteiger partial charge in [-0.05, 0) is 43.2 Å². The van der Waals surface area contributed by atoms with Crippen LogP contribution in [0.5, 0.6) is 0 Å². The topological polar surface area (TPSA) is 60.2 Å². The zero-order chi connectivity index (χ0) is 22.3. The Bertz CT molecular complexity index is 1100. The second-order valence-electron chi connectivity index (χ2n) is 7.87. The number of aromatic nitrogens is 1. The number of hydrogen-bond donors (Lipinski definition) is 0. The molecule has 1 aliphatic heterocycles. The van der Waals surface area contributed by atoms with Crippen LogP contribution in [0.25, 0.3) is 0 Å². The van der Waals surface area contributed by atoms with Crippen molar-refractivity contribution >= 4 is 29.0 Å². The van der Waals surface area contributed by atoms with Crippen LogP contribution in [0.1, 0.15) is 38.6 Å². The van der Waals surface area contributed by atoms with Crippen molar-refractivity contribution in [2.75, 3.05) is 26.2 Å². The van der Waals surface area contributed by atoms with Gasteiger partial charge in [-0.25, -0.2) is 4.98 Å². The number of thioether (sulfide) groups is 1. The van der Waals surface area contributed by atoms with Gasteiger partial charge in [0.2, 0.25) is 0 Å². The van der Waals surface area contributed by atoms with Gasteiger partial charge in [0.25, 0.3) is 5.91 Å². The van der Waals surface area contributed by atoms with Crippen molar-refractivity contribution in [3.63, 3.8) is 0 Å². The molecule has 7 heteroatoms. The smallest absolute Gasteiger partial charge is 0.255 e. The maximum atomic E-state index is 13.4. The Kier molecular flexibility index (Phi) is 7.59. The molecule has 0 aliphatic carbocycles. The van der Waals surface area contributed by atoms with Crippen molar-refractivity contribution in [3.05, 3.63) is 81.3 Å². The van der Waals surface area contributed by atoms with Crippen LogP contribution in [0.2, 0.25) is 0 Å². The highest BCUT2D eigenvalue weighted by Gasteiger charge is 2.22. The summed E-state index contributed by atoms with van der Waals surface area (Å²) < 4.78 is 0. The van der Waals surface area contributed by atoms with Crippen LogP contribution in [0.15, 0.2) is 58.8 Å². The number of carbonyl (C=O) groups is 1. The third-order valence-corrected chi connectivity index (χ3v) is 7.45. The summed E-state index contributed by atoms with van der Waals surface area (Å²) in [6.45, 7) is 6.16. The van der Waals surface area contributed by atoms with Gasteiger partial charge in [0, 0.05) is 48.8 Å². The molecule has 1 fully saturated rings. The van der Waals surface area contributed by atoms with E-state index in [1.54, 1.807) is 23.1 Å². The molecule has 1 saturated heterocycles. The fourth-order valence-corrected chi connectivity index (χ4v) is 5.50. The number of benzene rings is 2. The van der Waals surface area contributed by atoms with E-state index in [9.17, 15) is 4.79 Å². The van der Waals surface area contributed by atoms with Gasteiger partial charge in [-0.2, -0.15) is 5.26 Å². The number of amides is 1. The van der Waals surface area contributed by atoms with Crippen LogP contribution >= 0.6 is 23.1 Å². The fourth-order valence-electron chi connectivity index (χ4n) is 3.84. The van der Waals surface area contributed by atoms with Crippen LogP contribution in [-0.4, -0.2) is 46.9 Å². The van der Waals surface area contributed by atoms with Crippen molar-refractivity contribution in [1.29, 1.82) is 5.26 Å². The average molecular weight is 463 g/mol. The Hall–Kier alpha value is -2.66. The lowest BCUT2D eigenvalue weighted by molar-refractivity contribution is 0.0757. The lowest BCUT2D eigenvalue weighted by atomic mass is 10.1. The normalized spacial score (nSPS) is 14.7. The molecule has 0 atom stereocenters. The highest BCUT2D eigenvalue weighted by Crippen LogP contribution is 2.28. The number of nitriles is 1. The third kappa shape index (κ3) is 5.77. The molecule has 0 N–H and O–H groups in total. The highest BCUT2D eigenvalue weighted by molar-refractivity contribution is 7.98. The molecule has 2 heterocycles. The summed E-state index contributed by atoms with van der Waals surface area (Å²) in [6.07, 6.45) is 0.954. The molecule has 3 aromatic rings. The maximum Gasteiger partial charge on any atom is 0.255 e. The minimum absolute atomic E-state index is 0.114. The summed E-state index contributed by atoms with van der Waals surface area (Å²) in [4.78, 5) is 23.3. The molecule has 0 radical (unpaired) electrons. The summed E-state index contributed by atoms with van der Waals surface area (Å²) in [6, 6.07) is 17.8. The van der Waals surface area contributed by atoms with Crippen LogP contribution in [0.3, 0.4) is 0 Å². The second-order valence-corrected chi connectivity index (χ2v) is 9.95. The van der Waals surface area contributed by atoms with Crippen molar-refractivity contribution in [1.82, 2.24) is 14.8 Å². The summed E-state index contributed by atoms with van der Waals surface area (Å²) in [7, 11) is 0. The Morgan fingerprint density at radius 1 is 1.12 bits per heavy atom. The Labute approximate surface area is 197 Å². The van der Waals surface area contributed by atoms with E-state index in [-0.39, 0.29) is 5.91 Å². The van der Waals surface area contributed by atoms with Gasteiger partial charge >= 0.3 is 0 Å². The largest absolute Gasteiger partial charge is 0.337 e. The van der Waals surface area contributed by atoms with Crippen molar-refractivity contribution < 1.29 is 4.79 Å². The molecule has 0 saturated carbocycles. The zero-order valence-corrected chi connectivity index (χ0v) is 19.8. The first-order valence-corrected chi connectivity index (χ1v) is 12.6. The van der Waals surface area contributed by atoms with E-state index in [0.717, 1.165) is 66.1 Å². The summed E-state index contributed by atoms with van der Waals surface area (Å²) in [5.41, 5.74) is 3.73. The van der Waals surface area contributed by atoms with Gasteiger partial charge in [-0.15, -0.1) is 23.1 Å². The SMILES string of the molecule is Cc1nc(CSc2ccccc2C(=O)N2CCCN(Cc3ccc(C#N)cc3)CC2)cs1. The minimum Gasteiger partial charge on any atom is -0.337 e. The predicted molar refractivity (Wildman–Crippen MR) is 130 cm³/mol. The lowest BCUT2D eigenvalue weighted by Gasteiger charge is -2.23. The number of aryl methyl sites for hydroxylation is 1. The quantitative estimate of drug-likeness (QED) is 0.485. The zero-order valence-electron chi connectivity index (χ0n) is 18.2. The summed E-state index contributed by atoms with van der Waals surface area (Å²) in [5.74, 6) is 0.885. The van der Waals surface area contributed by atoms with Crippen molar-refractivity contribution in [2.24, 2.45) is 0 Å². The molecule has 1 aliphatic rings. The van der Waals surface area contributed by atoms with Gasteiger partial charge in [0.1, 0.15) is 0 Å². The molecule has 5 nitrogen and oxygen atoms in total. The van der Waals surface area contributed by atoms with Gasteiger partial charge in [-0.3, -0.25) is 9.69 Å². The number of hydrogen-bond acceptors (Lipinski definition) is 6. The molecule has 2 aromatic carbocycles. The first-order chi connectivity index (χ1) is 15.6. The summed E-state index contributed by atoms with van der Waals surface area (Å²) >= 11 is 3.34. The standard InChI is InChI=1S/C25H26N4OS2/c1-19-27-22(17-31-19)18-32-24-6-3-2-5-23(24)25(30)29-12-4-11-28(13-14-29)16-21-9-7-20(15-26)8-10-21/h2-3,5-10,17H,4,11-14,16,18H2,1H3. The van der Waals surface area contributed by atoms with E-state index < -0.39 is 0 Å². The summed E-state index contributed by atoms with van der Waals surface area (Å²) in [5, 5.41) is 12.1. The number of thiazole rings is 1. The van der Waals surface area contributed by atoms with E-state index in [2.05, 4.69) is 21.3 Å². The predicted octanol–water partition coefficient (Wildman–Crippen LogP) is 4.96. The molecule has 32 heavy (non-hydrogen) atoms. The van der Waals surface area contributed by atoms with Gasteiger partial charge in [-0.1, -0.05) is 24.3 Å². The molecule has 0 spiro atoms. The lowest BCUT2D eigenvalue weighted by Crippen LogP contribution is -2.35. The molecular weight excluding hydrogens is 436 g/mol. The van der Waals surface area contributed by atoms with Gasteiger partial charge in [0.15, 0.2) is 0 Å². The van der Waals surface area contributed by atoms with Crippen LogP contribution < -0.4 is 0 Å². The number of nitrogens with zero attached hydrogens (tertiary/aromatic N) is 4. The van der Waals surface area contributed by atoms with Crippen LogP contribution in [0, 0.1) is 18.3 Å². The molecule has 1 amide bonds. The highest BCUT2D eigenvalue weighted by atomic mass is 32.2. The monoisotopic (exact) mass is 462 g/mol. The van der Waals surface area contributed by atoms with E-state index in [1.807, 2.05) is 60.4 Å². The first kappa shape index (κ1) is 22.5. The van der Waals surface area contributed by atoms with Crippen LogP contribution in [0.4, 0.5) is 0 Å². The average Bonchev–Trinajstić information content (AvgIpc) is 3.10. The Morgan fingerprint density at radius 2 is 1.94 bits per heavy atom.